The molecule has 8 nitrogen and oxygen atoms in total. The standard InChI is InChI=1S/C26H19ClFIN2O6S/c1-2-36-22-10-16(9-21(29)24(22)37-14-15-3-7-19(8-4-15)31(34)35)11-23-25(32)30(26(33)38-23)13-17-5-6-18(28)12-20(17)27/h3-12H,2,13-14H2,1H3/b23-11+. The van der Waals surface area contributed by atoms with Gasteiger partial charge in [0.25, 0.3) is 16.8 Å². The van der Waals surface area contributed by atoms with Gasteiger partial charge in [-0.25, -0.2) is 4.39 Å². The van der Waals surface area contributed by atoms with E-state index in [1.54, 1.807) is 30.3 Å². The Morgan fingerprint density at radius 1 is 1.13 bits per heavy atom. The summed E-state index contributed by atoms with van der Waals surface area (Å²) in [6.07, 6.45) is 1.60. The van der Waals surface area contributed by atoms with E-state index in [1.165, 1.54) is 24.3 Å². The number of hydrogen-bond donors (Lipinski definition) is 0. The Kier molecular flexibility index (Phi) is 8.90. The van der Waals surface area contributed by atoms with E-state index in [1.807, 2.05) is 6.92 Å². The van der Waals surface area contributed by atoms with Crippen LogP contribution in [0.25, 0.3) is 6.08 Å². The molecule has 3 aromatic carbocycles. The molecule has 2 amide bonds. The van der Waals surface area contributed by atoms with Gasteiger partial charge in [-0.05, 0) is 100 Å². The first kappa shape index (κ1) is 27.9. The van der Waals surface area contributed by atoms with Crippen molar-refractivity contribution in [1.29, 1.82) is 0 Å². The third-order valence-electron chi connectivity index (χ3n) is 5.38. The predicted octanol–water partition coefficient (Wildman–Crippen LogP) is 7.21. The molecule has 12 heteroatoms. The highest BCUT2D eigenvalue weighted by atomic mass is 127. The molecule has 0 aliphatic carbocycles. The molecule has 0 saturated carbocycles. The van der Waals surface area contributed by atoms with Gasteiger partial charge in [0.1, 0.15) is 12.4 Å². The highest BCUT2D eigenvalue weighted by Gasteiger charge is 2.35. The number of nitro benzene ring substituents is 1. The Hall–Kier alpha value is -3.16. The van der Waals surface area contributed by atoms with Crippen LogP contribution in [0.5, 0.6) is 11.5 Å². The molecular weight excluding hydrogens is 650 g/mol. The molecule has 0 N–H and O–H groups in total. The van der Waals surface area contributed by atoms with E-state index in [2.05, 4.69) is 22.6 Å². The van der Waals surface area contributed by atoms with Crippen LogP contribution in [0.15, 0.2) is 59.5 Å². The van der Waals surface area contributed by atoms with Crippen molar-refractivity contribution < 1.29 is 28.4 Å². The number of rotatable bonds is 9. The van der Waals surface area contributed by atoms with E-state index in [-0.39, 0.29) is 28.8 Å². The Bertz CT molecular complexity index is 1450. The summed E-state index contributed by atoms with van der Waals surface area (Å²) in [6, 6.07) is 13.4. The van der Waals surface area contributed by atoms with Crippen LogP contribution in [0, 0.1) is 19.5 Å². The molecule has 1 aliphatic heterocycles. The van der Waals surface area contributed by atoms with Crippen molar-refractivity contribution in [3.63, 3.8) is 0 Å². The molecule has 0 aromatic heterocycles. The first-order valence-corrected chi connectivity index (χ1v) is 13.5. The number of ether oxygens (including phenoxy) is 2. The van der Waals surface area contributed by atoms with E-state index in [4.69, 9.17) is 21.1 Å². The average molecular weight is 669 g/mol. The van der Waals surface area contributed by atoms with Gasteiger partial charge in [0.05, 0.1) is 26.6 Å². The molecule has 196 valence electrons. The molecule has 1 saturated heterocycles. The number of carbonyl (C=O) groups is 2. The lowest BCUT2D eigenvalue weighted by atomic mass is 10.1. The first-order chi connectivity index (χ1) is 18.2. The van der Waals surface area contributed by atoms with E-state index >= 15 is 0 Å². The van der Waals surface area contributed by atoms with E-state index in [9.17, 15) is 24.1 Å². The van der Waals surface area contributed by atoms with Crippen LogP contribution in [0.3, 0.4) is 0 Å². The fourth-order valence-corrected chi connectivity index (χ4v) is 5.40. The first-order valence-electron chi connectivity index (χ1n) is 11.2. The van der Waals surface area contributed by atoms with Gasteiger partial charge >= 0.3 is 0 Å². The van der Waals surface area contributed by atoms with Crippen LogP contribution in [0.4, 0.5) is 14.9 Å². The fraction of sp³-hybridized carbons (Fsp3) is 0.154. The molecule has 4 rings (SSSR count). The lowest BCUT2D eigenvalue weighted by Crippen LogP contribution is -2.27. The monoisotopic (exact) mass is 668 g/mol. The molecule has 0 radical (unpaired) electrons. The smallest absolute Gasteiger partial charge is 0.293 e. The summed E-state index contributed by atoms with van der Waals surface area (Å²) in [5.74, 6) is -0.0496. The van der Waals surface area contributed by atoms with Gasteiger partial charge in [0.2, 0.25) is 0 Å². The van der Waals surface area contributed by atoms with Crippen LogP contribution >= 0.6 is 46.0 Å². The number of non-ortho nitro benzene ring substituents is 1. The summed E-state index contributed by atoms with van der Waals surface area (Å²) in [5, 5.41) is 10.5. The highest BCUT2D eigenvalue weighted by Crippen LogP contribution is 2.38. The molecular formula is C26H19ClFIN2O6S. The number of halogens is 3. The van der Waals surface area contributed by atoms with Crippen molar-refractivity contribution in [2.75, 3.05) is 6.61 Å². The highest BCUT2D eigenvalue weighted by molar-refractivity contribution is 14.1. The fourth-order valence-electron chi connectivity index (χ4n) is 3.55. The number of carbonyl (C=O) groups excluding carboxylic acids is 2. The topological polar surface area (TPSA) is 99.0 Å². The minimum Gasteiger partial charge on any atom is -0.490 e. The third kappa shape index (κ3) is 6.45. The molecule has 0 bridgehead atoms. The van der Waals surface area contributed by atoms with Gasteiger partial charge in [-0.2, -0.15) is 0 Å². The molecule has 0 atom stereocenters. The molecule has 0 spiro atoms. The van der Waals surface area contributed by atoms with E-state index in [0.717, 1.165) is 28.3 Å². The molecule has 1 aliphatic rings. The Morgan fingerprint density at radius 2 is 1.87 bits per heavy atom. The largest absolute Gasteiger partial charge is 0.490 e. The molecule has 38 heavy (non-hydrogen) atoms. The maximum atomic E-state index is 13.4. The average Bonchev–Trinajstić information content (AvgIpc) is 3.12. The van der Waals surface area contributed by atoms with E-state index in [0.29, 0.717) is 32.8 Å². The molecule has 1 heterocycles. The minimum atomic E-state index is -0.507. The molecule has 0 unspecified atom stereocenters. The zero-order valence-corrected chi connectivity index (χ0v) is 23.5. The van der Waals surface area contributed by atoms with Crippen molar-refractivity contribution in [2.24, 2.45) is 0 Å². The Morgan fingerprint density at radius 3 is 2.53 bits per heavy atom. The summed E-state index contributed by atoms with van der Waals surface area (Å²) in [5.41, 5.74) is 1.82. The van der Waals surface area contributed by atoms with Gasteiger partial charge in [-0.1, -0.05) is 17.7 Å². The van der Waals surface area contributed by atoms with Crippen LogP contribution in [-0.2, 0) is 17.9 Å². The van der Waals surface area contributed by atoms with Gasteiger partial charge in [-0.15, -0.1) is 0 Å². The van der Waals surface area contributed by atoms with Crippen molar-refractivity contribution in [3.8, 4) is 11.5 Å². The maximum Gasteiger partial charge on any atom is 0.293 e. The summed E-state index contributed by atoms with van der Waals surface area (Å²) >= 11 is 8.96. The second kappa shape index (κ2) is 12.1. The van der Waals surface area contributed by atoms with Crippen LogP contribution in [0.2, 0.25) is 5.02 Å². The van der Waals surface area contributed by atoms with Gasteiger partial charge in [0.15, 0.2) is 11.5 Å². The second-order valence-corrected chi connectivity index (χ2v) is 10.5. The maximum absolute atomic E-state index is 13.4. The SMILES string of the molecule is CCOc1cc(/C=C2/SC(=O)N(Cc3ccc(F)cc3Cl)C2=O)cc(I)c1OCc1ccc([N+](=O)[O-])cc1. The van der Waals surface area contributed by atoms with Crippen molar-refractivity contribution >= 4 is 68.9 Å². The van der Waals surface area contributed by atoms with E-state index < -0.39 is 21.9 Å². The Balaban J connectivity index is 1.54. The summed E-state index contributed by atoms with van der Waals surface area (Å²) < 4.78 is 25.8. The number of nitrogens with zero attached hydrogens (tertiary/aromatic N) is 2. The third-order valence-corrected chi connectivity index (χ3v) is 7.44. The second-order valence-electron chi connectivity index (χ2n) is 7.98. The van der Waals surface area contributed by atoms with Crippen LogP contribution in [0.1, 0.15) is 23.6 Å². The van der Waals surface area contributed by atoms with Crippen LogP contribution < -0.4 is 9.47 Å². The summed E-state index contributed by atoms with van der Waals surface area (Å²) in [6.45, 7) is 2.28. The molecule has 3 aromatic rings. The number of amides is 2. The quantitative estimate of drug-likeness (QED) is 0.103. The number of benzene rings is 3. The van der Waals surface area contributed by atoms with Crippen LogP contribution in [-0.4, -0.2) is 27.6 Å². The van der Waals surface area contributed by atoms with Gasteiger partial charge < -0.3 is 9.47 Å². The summed E-state index contributed by atoms with van der Waals surface area (Å²) in [7, 11) is 0. The predicted molar refractivity (Wildman–Crippen MR) is 151 cm³/mol. The zero-order valence-electron chi connectivity index (χ0n) is 19.8. The zero-order chi connectivity index (χ0) is 27.4. The van der Waals surface area contributed by atoms with Gasteiger partial charge in [0, 0.05) is 17.2 Å². The number of nitro groups is 1. The number of imide groups is 1. The van der Waals surface area contributed by atoms with Gasteiger partial charge in [-0.3, -0.25) is 24.6 Å². The Labute approximate surface area is 240 Å². The van der Waals surface area contributed by atoms with Crippen molar-refractivity contribution in [3.05, 3.63) is 101 Å². The van der Waals surface area contributed by atoms with Crippen molar-refractivity contribution in [2.45, 2.75) is 20.1 Å². The number of thioether (sulfide) groups is 1. The summed E-state index contributed by atoms with van der Waals surface area (Å²) in [4.78, 5) is 37.2. The normalized spacial score (nSPS) is 14.3. The molecule has 1 fully saturated rings. The lowest BCUT2D eigenvalue weighted by Gasteiger charge is -2.15. The lowest BCUT2D eigenvalue weighted by molar-refractivity contribution is -0.384. The number of hydrogen-bond acceptors (Lipinski definition) is 7. The van der Waals surface area contributed by atoms with Crippen molar-refractivity contribution in [1.82, 2.24) is 4.90 Å². The minimum absolute atomic E-state index is 0.00661.